The number of carbonyl (C=O) groups excluding carboxylic acids is 1. The summed E-state index contributed by atoms with van der Waals surface area (Å²) >= 11 is 0. The minimum atomic E-state index is -4.33. The number of Topliss-reactive ketones (excluding diaryl/α,β-unsaturated/α-hetero) is 1. The zero-order valence-corrected chi connectivity index (χ0v) is 14.2. The molecule has 1 fully saturated rings. The van der Waals surface area contributed by atoms with E-state index in [0.717, 1.165) is 30.2 Å². The third kappa shape index (κ3) is 3.11. The number of rotatable bonds is 2. The Kier molecular flexibility index (Phi) is 4.26. The highest BCUT2D eigenvalue weighted by molar-refractivity contribution is 6.02. The predicted molar refractivity (Wildman–Crippen MR) is 92.5 cm³/mol. The Balaban J connectivity index is 1.43. The summed E-state index contributed by atoms with van der Waals surface area (Å²) in [4.78, 5) is 19.9. The molecule has 138 valence electrons. The molecule has 26 heavy (non-hydrogen) atoms. The van der Waals surface area contributed by atoms with E-state index in [1.165, 1.54) is 12.1 Å². The van der Waals surface area contributed by atoms with Gasteiger partial charge in [0.1, 0.15) is 0 Å². The highest BCUT2D eigenvalue weighted by Crippen LogP contribution is 2.32. The number of aromatic amines is 1. The highest BCUT2D eigenvalue weighted by Gasteiger charge is 2.35. The smallest absolute Gasteiger partial charge is 0.369 e. The second-order valence-electron chi connectivity index (χ2n) is 6.86. The summed E-state index contributed by atoms with van der Waals surface area (Å²) in [5.74, 6) is 0.153. The molecule has 2 aromatic rings. The van der Waals surface area contributed by atoms with Crippen molar-refractivity contribution in [3.63, 3.8) is 0 Å². The first-order chi connectivity index (χ1) is 12.4. The van der Waals surface area contributed by atoms with Crippen LogP contribution in [0.3, 0.4) is 0 Å². The van der Waals surface area contributed by atoms with Crippen molar-refractivity contribution >= 4 is 11.5 Å². The lowest BCUT2D eigenvalue weighted by atomic mass is 9.90. The van der Waals surface area contributed by atoms with Gasteiger partial charge in [-0.2, -0.15) is 13.2 Å². The summed E-state index contributed by atoms with van der Waals surface area (Å²) < 4.78 is 38.7. The average molecular weight is 363 g/mol. The molecule has 1 aliphatic carbocycles. The first-order valence-corrected chi connectivity index (χ1v) is 8.80. The van der Waals surface area contributed by atoms with Crippen molar-refractivity contribution in [2.75, 3.05) is 31.1 Å². The Bertz CT molecular complexity index is 806. The quantitative estimate of drug-likeness (QED) is 0.889. The number of hydrogen-bond acceptors (Lipinski definition) is 3. The Morgan fingerprint density at radius 3 is 2.58 bits per heavy atom. The molecule has 0 amide bonds. The Hall–Kier alpha value is -2.28. The van der Waals surface area contributed by atoms with E-state index in [0.29, 0.717) is 31.9 Å². The molecule has 0 radical (unpaired) electrons. The van der Waals surface area contributed by atoms with Crippen molar-refractivity contribution in [1.82, 2.24) is 9.88 Å². The second-order valence-corrected chi connectivity index (χ2v) is 6.86. The minimum Gasteiger partial charge on any atom is -0.369 e. The Morgan fingerprint density at radius 1 is 1.08 bits per heavy atom. The van der Waals surface area contributed by atoms with Gasteiger partial charge in [-0.3, -0.25) is 9.69 Å². The molecule has 1 atom stereocenters. The van der Waals surface area contributed by atoms with E-state index in [-0.39, 0.29) is 11.8 Å². The highest BCUT2D eigenvalue weighted by atomic mass is 19.4. The normalized spacial score (nSPS) is 21.7. The lowest BCUT2D eigenvalue weighted by molar-refractivity contribution is -0.137. The maximum atomic E-state index is 12.9. The van der Waals surface area contributed by atoms with Gasteiger partial charge in [-0.15, -0.1) is 0 Å². The topological polar surface area (TPSA) is 39.3 Å². The zero-order chi connectivity index (χ0) is 18.3. The van der Waals surface area contributed by atoms with Crippen molar-refractivity contribution in [3.05, 3.63) is 53.3 Å². The number of nitrogens with zero attached hydrogens (tertiary/aromatic N) is 2. The van der Waals surface area contributed by atoms with Gasteiger partial charge in [-0.1, -0.05) is 6.07 Å². The zero-order valence-electron chi connectivity index (χ0n) is 14.2. The van der Waals surface area contributed by atoms with Crippen LogP contribution in [0.1, 0.15) is 28.0 Å². The van der Waals surface area contributed by atoms with Crippen molar-refractivity contribution in [1.29, 1.82) is 0 Å². The number of fused-ring (bicyclic) bond motifs is 1. The molecule has 1 N–H and O–H groups in total. The largest absolute Gasteiger partial charge is 0.416 e. The first-order valence-electron chi connectivity index (χ1n) is 8.80. The Labute approximate surface area is 149 Å². The standard InChI is InChI=1S/C19H20F3N3O/c20-19(21,22)13-2-1-3-14(12-13)24-8-10-25(11-9-24)17-5-4-16-15(18(17)26)6-7-23-16/h1-3,6-7,12,17,23H,4-5,8-11H2. The first kappa shape index (κ1) is 17.1. The SMILES string of the molecule is O=C1c2cc[nH]c2CCC1N1CCN(c2cccc(C(F)(F)F)c2)CC1. The number of aromatic nitrogens is 1. The van der Waals surface area contributed by atoms with E-state index in [1.54, 1.807) is 12.3 Å². The number of ketones is 1. The van der Waals surface area contributed by atoms with Crippen LogP contribution in [0.15, 0.2) is 36.5 Å². The van der Waals surface area contributed by atoms with Crippen molar-refractivity contribution < 1.29 is 18.0 Å². The summed E-state index contributed by atoms with van der Waals surface area (Å²) in [7, 11) is 0. The molecule has 0 spiro atoms. The number of H-pyrrole nitrogens is 1. The van der Waals surface area contributed by atoms with Crippen molar-refractivity contribution in [3.8, 4) is 0 Å². The third-order valence-corrected chi connectivity index (χ3v) is 5.36. The van der Waals surface area contributed by atoms with E-state index in [4.69, 9.17) is 0 Å². The monoisotopic (exact) mass is 363 g/mol. The molecular formula is C19H20F3N3O. The minimum absolute atomic E-state index is 0.123. The molecule has 0 saturated carbocycles. The third-order valence-electron chi connectivity index (χ3n) is 5.36. The molecule has 1 aromatic heterocycles. The molecule has 2 heterocycles. The van der Waals surface area contributed by atoms with Gasteiger partial charge in [0, 0.05) is 49.3 Å². The van der Waals surface area contributed by atoms with Crippen LogP contribution in [0.5, 0.6) is 0 Å². The van der Waals surface area contributed by atoms with Gasteiger partial charge in [0.2, 0.25) is 0 Å². The number of benzene rings is 1. The summed E-state index contributed by atoms with van der Waals surface area (Å²) in [6.45, 7) is 2.58. The summed E-state index contributed by atoms with van der Waals surface area (Å²) in [5.41, 5.74) is 1.75. The predicted octanol–water partition coefficient (Wildman–Crippen LogP) is 3.35. The number of aryl methyl sites for hydroxylation is 1. The molecule has 7 heteroatoms. The number of piperazine rings is 1. The summed E-state index contributed by atoms with van der Waals surface area (Å²) in [5, 5.41) is 0. The maximum absolute atomic E-state index is 12.9. The molecule has 1 aromatic carbocycles. The van der Waals surface area contributed by atoms with Crippen LogP contribution in [0.25, 0.3) is 0 Å². The number of carbonyl (C=O) groups is 1. The molecule has 1 aliphatic heterocycles. The Morgan fingerprint density at radius 2 is 1.85 bits per heavy atom. The van der Waals surface area contributed by atoms with E-state index in [2.05, 4.69) is 9.88 Å². The maximum Gasteiger partial charge on any atom is 0.416 e. The van der Waals surface area contributed by atoms with E-state index in [1.807, 2.05) is 11.0 Å². The fourth-order valence-electron chi connectivity index (χ4n) is 3.95. The molecule has 0 bridgehead atoms. The van der Waals surface area contributed by atoms with Crippen LogP contribution in [-0.4, -0.2) is 47.9 Å². The molecule has 4 nitrogen and oxygen atoms in total. The van der Waals surface area contributed by atoms with Gasteiger partial charge in [0.05, 0.1) is 11.6 Å². The number of nitrogens with one attached hydrogen (secondary N) is 1. The van der Waals surface area contributed by atoms with Gasteiger partial charge in [-0.05, 0) is 37.1 Å². The van der Waals surface area contributed by atoms with Crippen LogP contribution in [0.2, 0.25) is 0 Å². The molecule has 1 saturated heterocycles. The van der Waals surface area contributed by atoms with Gasteiger partial charge < -0.3 is 9.88 Å². The average Bonchev–Trinajstić information content (AvgIpc) is 3.11. The molecule has 2 aliphatic rings. The lowest BCUT2D eigenvalue weighted by Crippen LogP contribution is -2.53. The molecular weight excluding hydrogens is 343 g/mol. The van der Waals surface area contributed by atoms with Gasteiger partial charge in [0.15, 0.2) is 5.78 Å². The van der Waals surface area contributed by atoms with Gasteiger partial charge in [0.25, 0.3) is 0 Å². The van der Waals surface area contributed by atoms with E-state index < -0.39 is 11.7 Å². The lowest BCUT2D eigenvalue weighted by Gasteiger charge is -2.40. The summed E-state index contributed by atoms with van der Waals surface area (Å²) in [6, 6.07) is 7.16. The van der Waals surface area contributed by atoms with Crippen molar-refractivity contribution in [2.45, 2.75) is 25.1 Å². The second kappa shape index (κ2) is 6.46. The fourth-order valence-corrected chi connectivity index (χ4v) is 3.95. The molecule has 4 rings (SSSR count). The van der Waals surface area contributed by atoms with Crippen LogP contribution in [0.4, 0.5) is 18.9 Å². The van der Waals surface area contributed by atoms with Crippen LogP contribution < -0.4 is 4.90 Å². The number of anilines is 1. The summed E-state index contributed by atoms with van der Waals surface area (Å²) in [6.07, 6.45) is -0.889. The fraction of sp³-hybridized carbons (Fsp3) is 0.421. The number of halogens is 3. The van der Waals surface area contributed by atoms with Crippen molar-refractivity contribution in [2.24, 2.45) is 0 Å². The van der Waals surface area contributed by atoms with Gasteiger partial charge in [-0.25, -0.2) is 0 Å². The van der Waals surface area contributed by atoms with Gasteiger partial charge >= 0.3 is 6.18 Å². The number of alkyl halides is 3. The van der Waals surface area contributed by atoms with Crippen LogP contribution >= 0.6 is 0 Å². The van der Waals surface area contributed by atoms with Crippen LogP contribution in [0, 0.1) is 0 Å². The van der Waals surface area contributed by atoms with Crippen LogP contribution in [-0.2, 0) is 12.6 Å². The number of hydrogen-bond donors (Lipinski definition) is 1. The van der Waals surface area contributed by atoms with E-state index >= 15 is 0 Å². The van der Waals surface area contributed by atoms with E-state index in [9.17, 15) is 18.0 Å². The molecule has 1 unspecified atom stereocenters.